The van der Waals surface area contributed by atoms with E-state index in [1.54, 1.807) is 12.1 Å². The second-order valence-corrected chi connectivity index (χ2v) is 6.19. The van der Waals surface area contributed by atoms with Crippen molar-refractivity contribution in [2.45, 2.75) is 38.3 Å². The third-order valence-corrected chi connectivity index (χ3v) is 5.02. The Balaban J connectivity index is 0.00000144. The third kappa shape index (κ3) is 2.16. The van der Waals surface area contributed by atoms with Gasteiger partial charge in [0.2, 0.25) is 0 Å². The number of fused-ring (bicyclic) bond motifs is 5. The van der Waals surface area contributed by atoms with Crippen LogP contribution in [0.25, 0.3) is 0 Å². The van der Waals surface area contributed by atoms with E-state index in [4.69, 9.17) is 0 Å². The number of aromatic hydroxyl groups is 2. The molecule has 0 radical (unpaired) electrons. The molecule has 0 bridgehead atoms. The minimum atomic E-state index is -0.0193. The summed E-state index contributed by atoms with van der Waals surface area (Å²) in [6, 6.07) is 10.4. The van der Waals surface area contributed by atoms with Gasteiger partial charge in [0.15, 0.2) is 11.5 Å². The van der Waals surface area contributed by atoms with Gasteiger partial charge in [-0.25, -0.2) is 0 Å². The molecule has 4 rings (SSSR count). The molecule has 116 valence electrons. The van der Waals surface area contributed by atoms with Crippen LogP contribution in [0.2, 0.25) is 0 Å². The number of hydrogen-bond acceptors (Lipinski definition) is 3. The highest BCUT2D eigenvalue weighted by molar-refractivity contribution is 5.85. The summed E-state index contributed by atoms with van der Waals surface area (Å²) in [6.07, 6.45) is 2.01. The van der Waals surface area contributed by atoms with Gasteiger partial charge in [-0.05, 0) is 59.7 Å². The summed E-state index contributed by atoms with van der Waals surface area (Å²) >= 11 is 0. The number of phenols is 2. The van der Waals surface area contributed by atoms with E-state index in [9.17, 15) is 10.2 Å². The van der Waals surface area contributed by atoms with Gasteiger partial charge in [-0.3, -0.25) is 0 Å². The quantitative estimate of drug-likeness (QED) is 0.653. The molecule has 0 saturated heterocycles. The molecule has 2 aromatic carbocycles. The topological polar surface area (TPSA) is 52.5 Å². The first kappa shape index (κ1) is 15.2. The number of phenolic OH excluding ortho intramolecular Hbond substituents is 2. The monoisotopic (exact) mass is 317 g/mol. The molecule has 1 aliphatic carbocycles. The number of halogens is 1. The molecule has 22 heavy (non-hydrogen) atoms. The first-order chi connectivity index (χ1) is 10.1. The van der Waals surface area contributed by atoms with Crippen molar-refractivity contribution in [2.75, 3.05) is 0 Å². The normalized spacial score (nSPS) is 22.0. The Morgan fingerprint density at radius 2 is 1.86 bits per heavy atom. The van der Waals surface area contributed by atoms with Crippen LogP contribution < -0.4 is 5.32 Å². The average Bonchev–Trinajstić information content (AvgIpc) is 2.48. The second-order valence-electron chi connectivity index (χ2n) is 6.19. The fraction of sp³-hybridized carbons (Fsp3) is 0.333. The van der Waals surface area contributed by atoms with Gasteiger partial charge < -0.3 is 15.5 Å². The summed E-state index contributed by atoms with van der Waals surface area (Å²) in [6.45, 7) is 3.07. The Morgan fingerprint density at radius 3 is 2.68 bits per heavy atom. The molecule has 3 nitrogen and oxygen atoms in total. The van der Waals surface area contributed by atoms with Crippen molar-refractivity contribution in [3.8, 4) is 11.5 Å². The van der Waals surface area contributed by atoms with Gasteiger partial charge in [0, 0.05) is 18.5 Å². The van der Waals surface area contributed by atoms with E-state index < -0.39 is 0 Å². The van der Waals surface area contributed by atoms with Crippen molar-refractivity contribution in [1.82, 2.24) is 5.32 Å². The molecule has 1 heterocycles. The molecular formula is C18H20ClNO2. The number of nitrogens with one attached hydrogen (secondary N) is 1. The zero-order chi connectivity index (χ0) is 14.6. The van der Waals surface area contributed by atoms with E-state index in [0.29, 0.717) is 6.04 Å². The molecule has 1 aliphatic heterocycles. The summed E-state index contributed by atoms with van der Waals surface area (Å²) in [5, 5.41) is 23.3. The minimum Gasteiger partial charge on any atom is -0.504 e. The SMILES string of the molecule is Cc1cccc2c1CNC1CCc3cc(O)c(O)cc3C21.Cl. The van der Waals surface area contributed by atoms with Crippen molar-refractivity contribution in [2.24, 2.45) is 0 Å². The maximum atomic E-state index is 9.90. The lowest BCUT2D eigenvalue weighted by Crippen LogP contribution is -2.42. The largest absolute Gasteiger partial charge is 0.504 e. The summed E-state index contributed by atoms with van der Waals surface area (Å²) < 4.78 is 0. The zero-order valence-electron chi connectivity index (χ0n) is 12.5. The Bertz CT molecular complexity index is 729. The van der Waals surface area contributed by atoms with Gasteiger partial charge in [0.25, 0.3) is 0 Å². The van der Waals surface area contributed by atoms with Crippen molar-refractivity contribution in [1.29, 1.82) is 0 Å². The number of rotatable bonds is 0. The zero-order valence-corrected chi connectivity index (χ0v) is 13.3. The maximum absolute atomic E-state index is 9.90. The highest BCUT2D eigenvalue weighted by Gasteiger charge is 2.35. The van der Waals surface area contributed by atoms with Gasteiger partial charge >= 0.3 is 0 Å². The molecule has 0 spiro atoms. The van der Waals surface area contributed by atoms with Gasteiger partial charge in [-0.1, -0.05) is 18.2 Å². The molecule has 2 atom stereocenters. The van der Waals surface area contributed by atoms with Crippen LogP contribution in [0.5, 0.6) is 11.5 Å². The van der Waals surface area contributed by atoms with E-state index in [2.05, 4.69) is 30.4 Å². The highest BCUT2D eigenvalue weighted by atomic mass is 35.5. The summed E-state index contributed by atoms with van der Waals surface area (Å²) in [4.78, 5) is 0. The van der Waals surface area contributed by atoms with Crippen molar-refractivity contribution in [3.63, 3.8) is 0 Å². The summed E-state index contributed by atoms with van der Waals surface area (Å²) in [5.74, 6) is 0.235. The van der Waals surface area contributed by atoms with Crippen LogP contribution >= 0.6 is 12.4 Å². The van der Waals surface area contributed by atoms with Crippen molar-refractivity contribution >= 4 is 12.4 Å². The molecule has 0 aromatic heterocycles. The van der Waals surface area contributed by atoms with Gasteiger partial charge in [-0.15, -0.1) is 12.4 Å². The van der Waals surface area contributed by atoms with Crippen LogP contribution in [-0.2, 0) is 13.0 Å². The predicted molar refractivity (Wildman–Crippen MR) is 89.0 cm³/mol. The van der Waals surface area contributed by atoms with Crippen LogP contribution in [0, 0.1) is 6.92 Å². The molecule has 0 saturated carbocycles. The second kappa shape index (κ2) is 5.49. The molecule has 2 aromatic rings. The molecule has 4 heteroatoms. The smallest absolute Gasteiger partial charge is 0.157 e. The Hall–Kier alpha value is -1.71. The number of benzene rings is 2. The minimum absolute atomic E-state index is 0. The molecule has 2 unspecified atom stereocenters. The van der Waals surface area contributed by atoms with Crippen molar-refractivity contribution in [3.05, 3.63) is 58.1 Å². The first-order valence-corrected chi connectivity index (χ1v) is 7.51. The molecule has 3 N–H and O–H groups in total. The lowest BCUT2D eigenvalue weighted by atomic mass is 9.72. The summed E-state index contributed by atoms with van der Waals surface area (Å²) in [5.41, 5.74) is 6.36. The van der Waals surface area contributed by atoms with Crippen molar-refractivity contribution < 1.29 is 10.2 Å². The van der Waals surface area contributed by atoms with E-state index >= 15 is 0 Å². The van der Waals surface area contributed by atoms with E-state index in [0.717, 1.165) is 30.5 Å². The van der Waals surface area contributed by atoms with Gasteiger partial charge in [-0.2, -0.15) is 0 Å². The fourth-order valence-electron chi connectivity index (χ4n) is 3.93. The highest BCUT2D eigenvalue weighted by Crippen LogP contribution is 2.44. The van der Waals surface area contributed by atoms with Gasteiger partial charge in [0.1, 0.15) is 0 Å². The Labute approximate surface area is 136 Å². The molecule has 0 amide bonds. The maximum Gasteiger partial charge on any atom is 0.157 e. The van der Waals surface area contributed by atoms with E-state index in [1.807, 2.05) is 0 Å². The van der Waals surface area contributed by atoms with E-state index in [-0.39, 0.29) is 29.8 Å². The predicted octanol–water partition coefficient (Wildman–Crippen LogP) is 3.38. The number of hydrogen-bond donors (Lipinski definition) is 3. The average molecular weight is 318 g/mol. The lowest BCUT2D eigenvalue weighted by molar-refractivity contribution is 0.379. The van der Waals surface area contributed by atoms with Crippen LogP contribution in [0.15, 0.2) is 30.3 Å². The molecule has 0 fully saturated rings. The Morgan fingerprint density at radius 1 is 1.09 bits per heavy atom. The van der Waals surface area contributed by atoms with Crippen LogP contribution in [0.1, 0.15) is 40.2 Å². The standard InChI is InChI=1S/C18H19NO2.ClH/c1-10-3-2-4-12-14(10)9-19-15-6-5-11-7-16(20)17(21)8-13(11)18(12)15;/h2-4,7-8,15,18-21H,5-6,9H2,1H3;1H. The van der Waals surface area contributed by atoms with Crippen LogP contribution in [-0.4, -0.2) is 16.3 Å². The Kier molecular flexibility index (Phi) is 3.79. The molecular weight excluding hydrogens is 298 g/mol. The lowest BCUT2D eigenvalue weighted by Gasteiger charge is -2.40. The molecule has 2 aliphatic rings. The first-order valence-electron chi connectivity index (χ1n) is 7.51. The third-order valence-electron chi connectivity index (χ3n) is 5.02. The fourth-order valence-corrected chi connectivity index (χ4v) is 3.93. The number of aryl methyl sites for hydroxylation is 2. The van der Waals surface area contributed by atoms with Crippen LogP contribution in [0.4, 0.5) is 0 Å². The summed E-state index contributed by atoms with van der Waals surface area (Å²) in [7, 11) is 0. The van der Waals surface area contributed by atoms with Crippen LogP contribution in [0.3, 0.4) is 0 Å². The van der Waals surface area contributed by atoms with Gasteiger partial charge in [0.05, 0.1) is 0 Å². The van der Waals surface area contributed by atoms with E-state index in [1.165, 1.54) is 16.7 Å².